The van der Waals surface area contributed by atoms with E-state index in [1.807, 2.05) is 26.0 Å². The average Bonchev–Trinajstić information content (AvgIpc) is 2.69. The van der Waals surface area contributed by atoms with Crippen LogP contribution in [-0.4, -0.2) is 26.6 Å². The molecule has 1 N–H and O–H groups in total. The van der Waals surface area contributed by atoms with Gasteiger partial charge in [0.25, 0.3) is 0 Å². The lowest BCUT2D eigenvalue weighted by atomic mass is 10.0. The highest BCUT2D eigenvalue weighted by Gasteiger charge is 2.31. The second kappa shape index (κ2) is 9.92. The van der Waals surface area contributed by atoms with E-state index in [4.69, 9.17) is 0 Å². The fourth-order valence-electron chi connectivity index (χ4n) is 3.46. The van der Waals surface area contributed by atoms with Gasteiger partial charge in [0.2, 0.25) is 15.9 Å². The molecule has 0 aliphatic heterocycles. The Morgan fingerprint density at radius 3 is 2.17 bits per heavy atom. The molecule has 0 aromatic heterocycles. The molecule has 2 aromatic carbocycles. The molecule has 0 aliphatic carbocycles. The molecule has 0 bridgehead atoms. The Hall–Kier alpha value is -2.34. The minimum atomic E-state index is -3.62. The molecule has 0 saturated heterocycles. The number of benzene rings is 2. The van der Waals surface area contributed by atoms with Crippen molar-refractivity contribution in [3.8, 4) is 0 Å². The topological polar surface area (TPSA) is 66.5 Å². The van der Waals surface area contributed by atoms with Crippen LogP contribution >= 0.6 is 0 Å². The van der Waals surface area contributed by atoms with Crippen LogP contribution in [0.25, 0.3) is 0 Å². The number of hydrogen-bond donors (Lipinski definition) is 1. The fourth-order valence-corrected chi connectivity index (χ4v) is 4.67. The van der Waals surface area contributed by atoms with Crippen LogP contribution in [0.2, 0.25) is 0 Å². The van der Waals surface area contributed by atoms with Gasteiger partial charge in [-0.05, 0) is 55.0 Å². The molecule has 1 amide bonds. The van der Waals surface area contributed by atoms with E-state index >= 15 is 0 Å². The zero-order valence-electron chi connectivity index (χ0n) is 18.0. The second-order valence-corrected chi connectivity index (χ2v) is 9.21. The number of aryl methyl sites for hydroxylation is 3. The van der Waals surface area contributed by atoms with E-state index in [9.17, 15) is 13.2 Å². The summed E-state index contributed by atoms with van der Waals surface area (Å²) in [6, 6.07) is 12.7. The highest BCUT2D eigenvalue weighted by atomic mass is 32.2. The number of amides is 1. The van der Waals surface area contributed by atoms with Gasteiger partial charge in [-0.15, -0.1) is 0 Å². The number of carbonyl (C=O) groups excluding carboxylic acids is 1. The number of carbonyl (C=O) groups is 1. The Morgan fingerprint density at radius 2 is 1.66 bits per heavy atom. The largest absolute Gasteiger partial charge is 0.350 e. The molecule has 0 fully saturated rings. The summed E-state index contributed by atoms with van der Waals surface area (Å²) in [7, 11) is -3.62. The quantitative estimate of drug-likeness (QED) is 0.672. The summed E-state index contributed by atoms with van der Waals surface area (Å²) < 4.78 is 26.3. The predicted molar refractivity (Wildman–Crippen MR) is 120 cm³/mol. The minimum absolute atomic E-state index is 0.289. The summed E-state index contributed by atoms with van der Waals surface area (Å²) in [4.78, 5) is 13.0. The molecule has 0 aliphatic rings. The SMILES string of the molecule is CCc1ccc(CC)c(CNC(=O)[C@@H](CC)N(c2ccc(C)cc2)S(C)(=O)=O)c1. The lowest BCUT2D eigenvalue weighted by Gasteiger charge is -2.30. The van der Waals surface area contributed by atoms with E-state index < -0.39 is 16.1 Å². The third-order valence-electron chi connectivity index (χ3n) is 5.13. The van der Waals surface area contributed by atoms with Crippen LogP contribution in [-0.2, 0) is 34.2 Å². The lowest BCUT2D eigenvalue weighted by Crippen LogP contribution is -2.49. The molecule has 0 radical (unpaired) electrons. The van der Waals surface area contributed by atoms with Crippen LogP contribution in [0.15, 0.2) is 42.5 Å². The highest BCUT2D eigenvalue weighted by Crippen LogP contribution is 2.23. The van der Waals surface area contributed by atoms with E-state index in [2.05, 4.69) is 37.4 Å². The monoisotopic (exact) mass is 416 g/mol. The van der Waals surface area contributed by atoms with Crippen LogP contribution in [0.4, 0.5) is 5.69 Å². The van der Waals surface area contributed by atoms with Crippen molar-refractivity contribution in [2.45, 2.75) is 59.5 Å². The number of nitrogens with one attached hydrogen (secondary N) is 1. The standard InChI is InChI=1S/C23H32N2O3S/c1-6-18-11-12-19(7-2)20(15-18)16-24-23(26)22(8-3)25(29(5,27)28)21-13-9-17(4)10-14-21/h9-15,22H,6-8,16H2,1-5H3,(H,24,26)/t22-/m1/s1. The predicted octanol–water partition coefficient (Wildman–Crippen LogP) is 3.98. The van der Waals surface area contributed by atoms with Crippen molar-refractivity contribution in [1.82, 2.24) is 5.32 Å². The Balaban J connectivity index is 2.27. The molecule has 158 valence electrons. The summed E-state index contributed by atoms with van der Waals surface area (Å²) in [5.41, 5.74) is 5.02. The first-order chi connectivity index (χ1) is 13.7. The van der Waals surface area contributed by atoms with Gasteiger partial charge < -0.3 is 5.32 Å². The second-order valence-electron chi connectivity index (χ2n) is 7.35. The fraction of sp³-hybridized carbons (Fsp3) is 0.435. The number of nitrogens with zero attached hydrogens (tertiary/aromatic N) is 1. The van der Waals surface area contributed by atoms with Crippen molar-refractivity contribution in [1.29, 1.82) is 0 Å². The van der Waals surface area contributed by atoms with Crippen LogP contribution in [0, 0.1) is 6.92 Å². The normalized spacial score (nSPS) is 12.4. The molecule has 0 spiro atoms. The van der Waals surface area contributed by atoms with Gasteiger partial charge in [-0.2, -0.15) is 0 Å². The number of hydrogen-bond acceptors (Lipinski definition) is 3. The molecule has 0 heterocycles. The molecule has 5 nitrogen and oxygen atoms in total. The molecule has 6 heteroatoms. The summed E-state index contributed by atoms with van der Waals surface area (Å²) in [6.45, 7) is 8.34. The molecule has 0 saturated carbocycles. The van der Waals surface area contributed by atoms with Crippen molar-refractivity contribution < 1.29 is 13.2 Å². The van der Waals surface area contributed by atoms with Crippen LogP contribution in [0.1, 0.15) is 49.4 Å². The van der Waals surface area contributed by atoms with Gasteiger partial charge in [-0.25, -0.2) is 8.42 Å². The maximum Gasteiger partial charge on any atom is 0.244 e. The molecule has 1 atom stereocenters. The lowest BCUT2D eigenvalue weighted by molar-refractivity contribution is -0.122. The number of anilines is 1. The van der Waals surface area contributed by atoms with E-state index in [0.717, 1.165) is 30.2 Å². The third kappa shape index (κ3) is 5.82. The van der Waals surface area contributed by atoms with Crippen LogP contribution in [0.3, 0.4) is 0 Å². The van der Waals surface area contributed by atoms with Crippen molar-refractivity contribution in [2.24, 2.45) is 0 Å². The van der Waals surface area contributed by atoms with Crippen molar-refractivity contribution in [3.05, 3.63) is 64.7 Å². The molecule has 2 aromatic rings. The molecule has 0 unspecified atom stereocenters. The first-order valence-corrected chi connectivity index (χ1v) is 12.0. The summed E-state index contributed by atoms with van der Waals surface area (Å²) in [5.74, 6) is -0.289. The maximum atomic E-state index is 13.0. The molecular formula is C23H32N2O3S. The highest BCUT2D eigenvalue weighted by molar-refractivity contribution is 7.92. The van der Waals surface area contributed by atoms with E-state index in [-0.39, 0.29) is 5.91 Å². The van der Waals surface area contributed by atoms with Gasteiger partial charge in [0.1, 0.15) is 6.04 Å². The van der Waals surface area contributed by atoms with Crippen molar-refractivity contribution >= 4 is 21.6 Å². The first-order valence-electron chi connectivity index (χ1n) is 10.2. The summed E-state index contributed by atoms with van der Waals surface area (Å²) in [5, 5.41) is 2.96. The number of sulfonamides is 1. The molecule has 2 rings (SSSR count). The van der Waals surface area contributed by atoms with Crippen molar-refractivity contribution in [2.75, 3.05) is 10.6 Å². The maximum absolute atomic E-state index is 13.0. The van der Waals surface area contributed by atoms with Crippen LogP contribution in [0.5, 0.6) is 0 Å². The first kappa shape index (κ1) is 22.9. The van der Waals surface area contributed by atoms with E-state index in [1.54, 1.807) is 12.1 Å². The molecular weight excluding hydrogens is 384 g/mol. The van der Waals surface area contributed by atoms with Gasteiger partial charge in [0.15, 0.2) is 0 Å². The van der Waals surface area contributed by atoms with Crippen molar-refractivity contribution in [3.63, 3.8) is 0 Å². The zero-order chi connectivity index (χ0) is 21.6. The van der Waals surface area contributed by atoms with Gasteiger partial charge in [0.05, 0.1) is 11.9 Å². The Morgan fingerprint density at radius 1 is 1.00 bits per heavy atom. The minimum Gasteiger partial charge on any atom is -0.350 e. The average molecular weight is 417 g/mol. The summed E-state index contributed by atoms with van der Waals surface area (Å²) in [6.07, 6.45) is 3.33. The van der Waals surface area contributed by atoms with E-state index in [0.29, 0.717) is 18.7 Å². The Bertz CT molecular complexity index is 937. The van der Waals surface area contributed by atoms with E-state index in [1.165, 1.54) is 15.4 Å². The molecule has 29 heavy (non-hydrogen) atoms. The van der Waals surface area contributed by atoms with Gasteiger partial charge in [0, 0.05) is 6.54 Å². The Labute approximate surface area is 175 Å². The van der Waals surface area contributed by atoms with Gasteiger partial charge in [-0.1, -0.05) is 56.7 Å². The number of rotatable bonds is 9. The Kier molecular flexibility index (Phi) is 7.85. The van der Waals surface area contributed by atoms with Gasteiger partial charge in [-0.3, -0.25) is 9.10 Å². The smallest absolute Gasteiger partial charge is 0.244 e. The van der Waals surface area contributed by atoms with Crippen LogP contribution < -0.4 is 9.62 Å². The zero-order valence-corrected chi connectivity index (χ0v) is 18.8. The third-order valence-corrected chi connectivity index (χ3v) is 6.31. The van der Waals surface area contributed by atoms with Gasteiger partial charge >= 0.3 is 0 Å². The summed E-state index contributed by atoms with van der Waals surface area (Å²) >= 11 is 0.